The Kier molecular flexibility index (Phi) is 5.17. The quantitative estimate of drug-likeness (QED) is 0.882. The molecule has 0 aromatic heterocycles. The van der Waals surface area contributed by atoms with Crippen molar-refractivity contribution in [3.8, 4) is 0 Å². The number of nitrogens with one attached hydrogen (secondary N) is 2. The molecule has 0 aliphatic carbocycles. The number of carbonyl (C=O) groups excluding carboxylic acids is 1. The van der Waals surface area contributed by atoms with Crippen LogP contribution in [0.2, 0.25) is 5.02 Å². The molecule has 0 fully saturated rings. The molecule has 0 unspecified atom stereocenters. The molecule has 0 heterocycles. The van der Waals surface area contributed by atoms with Gasteiger partial charge >= 0.3 is 0 Å². The summed E-state index contributed by atoms with van der Waals surface area (Å²) in [6, 6.07) is 5.91. The summed E-state index contributed by atoms with van der Waals surface area (Å²) in [7, 11) is 0. The van der Waals surface area contributed by atoms with E-state index in [0.29, 0.717) is 13.1 Å². The zero-order valence-electron chi connectivity index (χ0n) is 11.4. The summed E-state index contributed by atoms with van der Waals surface area (Å²) in [6.07, 6.45) is 0. The third kappa shape index (κ3) is 5.52. The van der Waals surface area contributed by atoms with Gasteiger partial charge in [-0.25, -0.2) is 0 Å². The number of carbonyl (C=O) groups is 1. The molecule has 0 aliphatic rings. The van der Waals surface area contributed by atoms with Crippen LogP contribution in [0.1, 0.15) is 31.9 Å². The van der Waals surface area contributed by atoms with Gasteiger partial charge in [-0.3, -0.25) is 4.79 Å². The van der Waals surface area contributed by atoms with Gasteiger partial charge in [0.25, 0.3) is 0 Å². The summed E-state index contributed by atoms with van der Waals surface area (Å²) in [6.45, 7) is 8.77. The molecule has 0 bridgehead atoms. The lowest BCUT2D eigenvalue weighted by Gasteiger charge is -2.20. The van der Waals surface area contributed by atoms with E-state index >= 15 is 0 Å². The van der Waals surface area contributed by atoms with Gasteiger partial charge in [0.1, 0.15) is 0 Å². The van der Waals surface area contributed by atoms with Gasteiger partial charge in [-0.05, 0) is 44.9 Å². The average Bonchev–Trinajstić information content (AvgIpc) is 2.18. The van der Waals surface area contributed by atoms with Crippen LogP contribution < -0.4 is 10.6 Å². The van der Waals surface area contributed by atoms with Crippen molar-refractivity contribution in [2.75, 3.05) is 6.54 Å². The average molecular weight is 269 g/mol. The largest absolute Gasteiger partial charge is 0.350 e. The molecule has 1 amide bonds. The van der Waals surface area contributed by atoms with Gasteiger partial charge in [-0.1, -0.05) is 23.7 Å². The zero-order valence-corrected chi connectivity index (χ0v) is 12.2. The van der Waals surface area contributed by atoms with Gasteiger partial charge in [0.05, 0.1) is 6.54 Å². The maximum absolute atomic E-state index is 11.6. The number of hydrogen-bond donors (Lipinski definition) is 2. The van der Waals surface area contributed by atoms with Crippen molar-refractivity contribution in [2.45, 2.75) is 39.8 Å². The van der Waals surface area contributed by atoms with Gasteiger partial charge < -0.3 is 10.6 Å². The lowest BCUT2D eigenvalue weighted by atomic mass is 10.1. The third-order valence-electron chi connectivity index (χ3n) is 2.32. The number of benzene rings is 1. The molecule has 0 spiro atoms. The highest BCUT2D eigenvalue weighted by Crippen LogP contribution is 2.17. The SMILES string of the molecule is Cc1ccc(CNCC(=O)NC(C)(C)C)c(Cl)c1. The van der Waals surface area contributed by atoms with Crippen LogP contribution in [0.5, 0.6) is 0 Å². The van der Waals surface area contributed by atoms with Crippen molar-refractivity contribution >= 4 is 17.5 Å². The predicted octanol–water partition coefficient (Wildman–Crippen LogP) is 2.65. The Hall–Kier alpha value is -1.06. The van der Waals surface area contributed by atoms with Crippen LogP contribution in [-0.4, -0.2) is 18.0 Å². The lowest BCUT2D eigenvalue weighted by molar-refractivity contribution is -0.121. The van der Waals surface area contributed by atoms with Crippen LogP contribution in [0.3, 0.4) is 0 Å². The fourth-order valence-corrected chi connectivity index (χ4v) is 1.87. The van der Waals surface area contributed by atoms with E-state index in [1.807, 2.05) is 45.9 Å². The highest BCUT2D eigenvalue weighted by Gasteiger charge is 2.13. The summed E-state index contributed by atoms with van der Waals surface area (Å²) < 4.78 is 0. The van der Waals surface area contributed by atoms with Crippen molar-refractivity contribution in [3.63, 3.8) is 0 Å². The second-order valence-corrected chi connectivity index (χ2v) is 5.90. The standard InChI is InChI=1S/C14H21ClN2O/c1-10-5-6-11(12(15)7-10)8-16-9-13(18)17-14(2,3)4/h5-7,16H,8-9H2,1-4H3,(H,17,18). The Labute approximate surface area is 114 Å². The van der Waals surface area contributed by atoms with E-state index in [4.69, 9.17) is 11.6 Å². The maximum atomic E-state index is 11.6. The van der Waals surface area contributed by atoms with Crippen molar-refractivity contribution in [2.24, 2.45) is 0 Å². The fraction of sp³-hybridized carbons (Fsp3) is 0.500. The smallest absolute Gasteiger partial charge is 0.234 e. The number of amides is 1. The molecule has 3 nitrogen and oxygen atoms in total. The third-order valence-corrected chi connectivity index (χ3v) is 2.68. The molecule has 4 heteroatoms. The predicted molar refractivity (Wildman–Crippen MR) is 75.8 cm³/mol. The first-order chi connectivity index (χ1) is 8.28. The summed E-state index contributed by atoms with van der Waals surface area (Å²) >= 11 is 6.11. The van der Waals surface area contributed by atoms with Crippen LogP contribution in [0, 0.1) is 6.92 Å². The van der Waals surface area contributed by atoms with Crippen LogP contribution in [0.25, 0.3) is 0 Å². The number of rotatable bonds is 4. The van der Waals surface area contributed by atoms with E-state index in [-0.39, 0.29) is 11.4 Å². The molecular weight excluding hydrogens is 248 g/mol. The molecule has 1 aromatic rings. The minimum Gasteiger partial charge on any atom is -0.350 e. The number of hydrogen-bond acceptors (Lipinski definition) is 2. The molecule has 1 rings (SSSR count). The van der Waals surface area contributed by atoms with Crippen molar-refractivity contribution in [1.82, 2.24) is 10.6 Å². The molecule has 0 radical (unpaired) electrons. The summed E-state index contributed by atoms with van der Waals surface area (Å²) in [5.41, 5.74) is 1.94. The second kappa shape index (κ2) is 6.21. The Bertz CT molecular complexity index is 424. The van der Waals surface area contributed by atoms with Crippen LogP contribution in [0.15, 0.2) is 18.2 Å². The van der Waals surface area contributed by atoms with Crippen LogP contribution in [-0.2, 0) is 11.3 Å². The highest BCUT2D eigenvalue weighted by molar-refractivity contribution is 6.31. The van der Waals surface area contributed by atoms with Gasteiger partial charge in [-0.15, -0.1) is 0 Å². The van der Waals surface area contributed by atoms with E-state index in [9.17, 15) is 4.79 Å². The number of halogens is 1. The first kappa shape index (κ1) is 15.0. The molecular formula is C14H21ClN2O. The highest BCUT2D eigenvalue weighted by atomic mass is 35.5. The van der Waals surface area contributed by atoms with Gasteiger partial charge in [0.2, 0.25) is 5.91 Å². The molecule has 18 heavy (non-hydrogen) atoms. The van der Waals surface area contributed by atoms with Gasteiger partial charge in [0, 0.05) is 17.1 Å². The molecule has 100 valence electrons. The Balaban J connectivity index is 2.40. The van der Waals surface area contributed by atoms with Crippen LogP contribution >= 0.6 is 11.6 Å². The minimum atomic E-state index is -0.194. The summed E-state index contributed by atoms with van der Waals surface area (Å²) in [4.78, 5) is 11.6. The normalized spacial score (nSPS) is 11.4. The number of aryl methyl sites for hydroxylation is 1. The second-order valence-electron chi connectivity index (χ2n) is 5.50. The van der Waals surface area contributed by atoms with E-state index in [2.05, 4.69) is 10.6 Å². The van der Waals surface area contributed by atoms with E-state index in [1.54, 1.807) is 0 Å². The Morgan fingerprint density at radius 3 is 2.56 bits per heavy atom. The van der Waals surface area contributed by atoms with E-state index < -0.39 is 0 Å². The molecule has 1 aromatic carbocycles. The van der Waals surface area contributed by atoms with E-state index in [0.717, 1.165) is 16.1 Å². The summed E-state index contributed by atoms with van der Waals surface area (Å²) in [5, 5.41) is 6.72. The molecule has 0 atom stereocenters. The maximum Gasteiger partial charge on any atom is 0.234 e. The molecule has 0 aliphatic heterocycles. The van der Waals surface area contributed by atoms with Crippen molar-refractivity contribution < 1.29 is 4.79 Å². The monoisotopic (exact) mass is 268 g/mol. The minimum absolute atomic E-state index is 0.00858. The van der Waals surface area contributed by atoms with Crippen LogP contribution in [0.4, 0.5) is 0 Å². The van der Waals surface area contributed by atoms with Crippen molar-refractivity contribution in [1.29, 1.82) is 0 Å². The van der Waals surface area contributed by atoms with Gasteiger partial charge in [-0.2, -0.15) is 0 Å². The molecule has 0 saturated carbocycles. The Morgan fingerprint density at radius 1 is 1.33 bits per heavy atom. The molecule has 2 N–H and O–H groups in total. The lowest BCUT2D eigenvalue weighted by Crippen LogP contribution is -2.44. The zero-order chi connectivity index (χ0) is 13.8. The Morgan fingerprint density at radius 2 is 2.00 bits per heavy atom. The summed E-state index contributed by atoms with van der Waals surface area (Å²) in [5.74, 6) is -0.00858. The van der Waals surface area contributed by atoms with Gasteiger partial charge in [0.15, 0.2) is 0 Å². The van der Waals surface area contributed by atoms with Crippen molar-refractivity contribution in [3.05, 3.63) is 34.3 Å². The first-order valence-electron chi connectivity index (χ1n) is 6.05. The topological polar surface area (TPSA) is 41.1 Å². The molecule has 0 saturated heterocycles. The fourth-order valence-electron chi connectivity index (χ4n) is 1.57. The first-order valence-corrected chi connectivity index (χ1v) is 6.42. The van der Waals surface area contributed by atoms with E-state index in [1.165, 1.54) is 0 Å².